The van der Waals surface area contributed by atoms with Crippen LogP contribution in [-0.2, 0) is 0 Å². The molecule has 0 bridgehead atoms. The third-order valence-electron chi connectivity index (χ3n) is 3.51. The first-order valence-electron chi connectivity index (χ1n) is 6.02. The lowest BCUT2D eigenvalue weighted by atomic mass is 9.82. The highest BCUT2D eigenvalue weighted by Crippen LogP contribution is 2.27. The van der Waals surface area contributed by atoms with Crippen LogP contribution in [0.5, 0.6) is 0 Å². The first kappa shape index (κ1) is 12.0. The molecule has 1 aliphatic rings. The smallest absolute Gasteiger partial charge is 0.0546 e. The average molecular weight is 199 g/mol. The van der Waals surface area contributed by atoms with Crippen LogP contribution >= 0.6 is 0 Å². The Kier molecular flexibility index (Phi) is 4.90. The van der Waals surface area contributed by atoms with E-state index in [1.54, 1.807) is 0 Å². The van der Waals surface area contributed by atoms with E-state index >= 15 is 0 Å². The molecule has 0 unspecified atom stereocenters. The largest absolute Gasteiger partial charge is 0.393 e. The number of aliphatic hydroxyl groups is 1. The van der Waals surface area contributed by atoms with E-state index in [2.05, 4.69) is 25.8 Å². The van der Waals surface area contributed by atoms with E-state index in [9.17, 15) is 5.11 Å². The first-order valence-corrected chi connectivity index (χ1v) is 6.02. The van der Waals surface area contributed by atoms with E-state index in [0.29, 0.717) is 0 Å². The molecule has 1 N–H and O–H groups in total. The normalized spacial score (nSPS) is 27.0. The molecule has 2 nitrogen and oxygen atoms in total. The Morgan fingerprint density at radius 2 is 1.86 bits per heavy atom. The lowest BCUT2D eigenvalue weighted by Crippen LogP contribution is -2.38. The number of hydrogen-bond donors (Lipinski definition) is 1. The minimum atomic E-state index is 0.00143. The Bertz CT molecular complexity index is 150. The quantitative estimate of drug-likeness (QED) is 0.708. The van der Waals surface area contributed by atoms with E-state index in [1.165, 1.54) is 25.9 Å². The Morgan fingerprint density at radius 1 is 1.29 bits per heavy atom. The molecule has 0 aromatic rings. The second-order valence-corrected chi connectivity index (χ2v) is 4.89. The van der Waals surface area contributed by atoms with Gasteiger partial charge < -0.3 is 10.0 Å². The highest BCUT2D eigenvalue weighted by molar-refractivity contribution is 4.80. The van der Waals surface area contributed by atoms with Gasteiger partial charge in [0.2, 0.25) is 0 Å². The lowest BCUT2D eigenvalue weighted by molar-refractivity contribution is 0.0262. The highest BCUT2D eigenvalue weighted by Gasteiger charge is 2.28. The zero-order valence-corrected chi connectivity index (χ0v) is 9.87. The van der Waals surface area contributed by atoms with Gasteiger partial charge in [-0.15, -0.1) is 0 Å². The molecule has 1 aliphatic carbocycles. The van der Waals surface area contributed by atoms with Gasteiger partial charge in [-0.2, -0.15) is 0 Å². The van der Waals surface area contributed by atoms with Crippen LogP contribution in [0.4, 0.5) is 0 Å². The molecule has 0 spiro atoms. The molecule has 1 fully saturated rings. The molecular formula is C12H25NO. The summed E-state index contributed by atoms with van der Waals surface area (Å²) >= 11 is 0. The topological polar surface area (TPSA) is 23.5 Å². The molecule has 0 atom stereocenters. The molecule has 0 saturated heterocycles. The van der Waals surface area contributed by atoms with Crippen molar-refractivity contribution in [3.8, 4) is 0 Å². The predicted molar refractivity (Wildman–Crippen MR) is 60.3 cm³/mol. The molecule has 0 aromatic heterocycles. The molecule has 0 amide bonds. The second kappa shape index (κ2) is 5.72. The van der Waals surface area contributed by atoms with E-state index in [-0.39, 0.29) is 6.10 Å². The SMILES string of the molecule is CCC(CC)CN(C)CC1CC(O)C1. The fraction of sp³-hybridized carbons (Fsp3) is 1.00. The minimum Gasteiger partial charge on any atom is -0.393 e. The van der Waals surface area contributed by atoms with Gasteiger partial charge in [-0.3, -0.25) is 0 Å². The Morgan fingerprint density at radius 3 is 2.29 bits per heavy atom. The van der Waals surface area contributed by atoms with Crippen LogP contribution in [0.1, 0.15) is 39.5 Å². The Hall–Kier alpha value is -0.0800. The highest BCUT2D eigenvalue weighted by atomic mass is 16.3. The maximum Gasteiger partial charge on any atom is 0.0546 e. The summed E-state index contributed by atoms with van der Waals surface area (Å²) in [5, 5.41) is 9.19. The van der Waals surface area contributed by atoms with Crippen LogP contribution in [0, 0.1) is 11.8 Å². The predicted octanol–water partition coefficient (Wildman–Crippen LogP) is 2.13. The van der Waals surface area contributed by atoms with Gasteiger partial charge in [0.05, 0.1) is 6.10 Å². The van der Waals surface area contributed by atoms with E-state index in [1.807, 2.05) is 0 Å². The third-order valence-corrected chi connectivity index (χ3v) is 3.51. The van der Waals surface area contributed by atoms with Gasteiger partial charge in [-0.25, -0.2) is 0 Å². The van der Waals surface area contributed by atoms with Gasteiger partial charge >= 0.3 is 0 Å². The summed E-state index contributed by atoms with van der Waals surface area (Å²) < 4.78 is 0. The van der Waals surface area contributed by atoms with Crippen molar-refractivity contribution in [3.63, 3.8) is 0 Å². The van der Waals surface area contributed by atoms with E-state index in [4.69, 9.17) is 0 Å². The summed E-state index contributed by atoms with van der Waals surface area (Å²) in [6, 6.07) is 0. The summed E-state index contributed by atoms with van der Waals surface area (Å²) in [5.74, 6) is 1.61. The Balaban J connectivity index is 2.11. The molecule has 0 heterocycles. The molecule has 2 heteroatoms. The maximum atomic E-state index is 9.19. The average Bonchev–Trinajstić information content (AvgIpc) is 2.11. The van der Waals surface area contributed by atoms with Crippen molar-refractivity contribution in [2.24, 2.45) is 11.8 Å². The van der Waals surface area contributed by atoms with Crippen LogP contribution in [0.2, 0.25) is 0 Å². The van der Waals surface area contributed by atoms with Gasteiger partial charge in [0.1, 0.15) is 0 Å². The van der Waals surface area contributed by atoms with Crippen LogP contribution in [0.25, 0.3) is 0 Å². The summed E-state index contributed by atoms with van der Waals surface area (Å²) in [4.78, 5) is 2.44. The van der Waals surface area contributed by atoms with Crippen LogP contribution < -0.4 is 0 Å². The number of aliphatic hydroxyl groups excluding tert-OH is 1. The van der Waals surface area contributed by atoms with Gasteiger partial charge in [0, 0.05) is 13.1 Å². The van der Waals surface area contributed by atoms with Gasteiger partial charge in [-0.1, -0.05) is 26.7 Å². The Labute approximate surface area is 88.3 Å². The fourth-order valence-electron chi connectivity index (χ4n) is 2.35. The van der Waals surface area contributed by atoms with Crippen molar-refractivity contribution in [2.75, 3.05) is 20.1 Å². The summed E-state index contributed by atoms with van der Waals surface area (Å²) in [6.45, 7) is 6.94. The first-order chi connectivity index (χ1) is 6.65. The molecule has 0 aromatic carbocycles. The molecule has 84 valence electrons. The number of nitrogens with zero attached hydrogens (tertiary/aromatic N) is 1. The summed E-state index contributed by atoms with van der Waals surface area (Å²) in [6.07, 6.45) is 4.62. The van der Waals surface area contributed by atoms with Gasteiger partial charge in [0.25, 0.3) is 0 Å². The molecule has 14 heavy (non-hydrogen) atoms. The third kappa shape index (κ3) is 3.58. The van der Waals surface area contributed by atoms with Crippen molar-refractivity contribution >= 4 is 0 Å². The molecule has 1 rings (SSSR count). The fourth-order valence-corrected chi connectivity index (χ4v) is 2.35. The maximum absolute atomic E-state index is 9.19. The van der Waals surface area contributed by atoms with Crippen molar-refractivity contribution < 1.29 is 5.11 Å². The van der Waals surface area contributed by atoms with Crippen molar-refractivity contribution in [1.82, 2.24) is 4.90 Å². The summed E-state index contributed by atoms with van der Waals surface area (Å²) in [5.41, 5.74) is 0. The molecule has 1 saturated carbocycles. The lowest BCUT2D eigenvalue weighted by Gasteiger charge is -2.35. The number of hydrogen-bond acceptors (Lipinski definition) is 2. The van der Waals surface area contributed by atoms with E-state index < -0.39 is 0 Å². The van der Waals surface area contributed by atoms with Crippen LogP contribution in [0.15, 0.2) is 0 Å². The minimum absolute atomic E-state index is 0.00143. The van der Waals surface area contributed by atoms with Gasteiger partial charge in [-0.05, 0) is 31.7 Å². The zero-order chi connectivity index (χ0) is 10.6. The second-order valence-electron chi connectivity index (χ2n) is 4.89. The number of rotatable bonds is 6. The van der Waals surface area contributed by atoms with Crippen LogP contribution in [0.3, 0.4) is 0 Å². The molecular weight excluding hydrogens is 174 g/mol. The standard InChI is InChI=1S/C12H25NO/c1-4-10(5-2)8-13(3)9-11-6-12(14)7-11/h10-12,14H,4-9H2,1-3H3. The van der Waals surface area contributed by atoms with Crippen molar-refractivity contribution in [3.05, 3.63) is 0 Å². The van der Waals surface area contributed by atoms with Crippen molar-refractivity contribution in [2.45, 2.75) is 45.6 Å². The van der Waals surface area contributed by atoms with Crippen LogP contribution in [-0.4, -0.2) is 36.2 Å². The molecule has 0 radical (unpaired) electrons. The summed E-state index contributed by atoms with van der Waals surface area (Å²) in [7, 11) is 2.21. The van der Waals surface area contributed by atoms with E-state index in [0.717, 1.165) is 24.7 Å². The zero-order valence-electron chi connectivity index (χ0n) is 9.87. The van der Waals surface area contributed by atoms with Gasteiger partial charge in [0.15, 0.2) is 0 Å². The monoisotopic (exact) mass is 199 g/mol. The molecule has 0 aliphatic heterocycles. The van der Waals surface area contributed by atoms with Crippen molar-refractivity contribution in [1.29, 1.82) is 0 Å².